The highest BCUT2D eigenvalue weighted by Gasteiger charge is 2.61. The lowest BCUT2D eigenvalue weighted by molar-refractivity contribution is -0.0655. The van der Waals surface area contributed by atoms with E-state index < -0.39 is 12.7 Å². The van der Waals surface area contributed by atoms with E-state index >= 15 is 0 Å². The van der Waals surface area contributed by atoms with Gasteiger partial charge in [0.15, 0.2) is 0 Å². The first kappa shape index (κ1) is 12.5. The Bertz CT molecular complexity index is 161. The van der Waals surface area contributed by atoms with Crippen LogP contribution < -0.4 is 0 Å². The van der Waals surface area contributed by atoms with Crippen molar-refractivity contribution in [1.29, 1.82) is 0 Å². The number of alkyl halides is 3. The predicted molar refractivity (Wildman–Crippen MR) is 45.0 cm³/mol. The lowest BCUT2D eigenvalue weighted by atomic mass is 11.1. The SMILES string of the molecule is CN(C)N(C)[Si](Cl)(Cl)C(F)(F)F. The first-order chi connectivity index (χ1) is 5.10. The molecule has 0 spiro atoms. The Morgan fingerprint density at radius 1 is 1.08 bits per heavy atom. The van der Waals surface area contributed by atoms with Gasteiger partial charge in [0.25, 0.3) is 0 Å². The van der Waals surface area contributed by atoms with Crippen molar-refractivity contribution in [1.82, 2.24) is 9.68 Å². The molecule has 0 radical (unpaired) electrons. The maximum Gasteiger partial charge on any atom is 0.456 e. The van der Waals surface area contributed by atoms with Crippen LogP contribution in [0, 0.1) is 0 Å². The van der Waals surface area contributed by atoms with Crippen LogP contribution in [0.2, 0.25) is 0 Å². The monoisotopic (exact) mass is 240 g/mol. The molecule has 0 saturated heterocycles. The molecule has 2 nitrogen and oxygen atoms in total. The summed E-state index contributed by atoms with van der Waals surface area (Å²) < 4.78 is 37.3. The molecule has 0 aliphatic heterocycles. The highest BCUT2D eigenvalue weighted by molar-refractivity contribution is 7.44. The summed E-state index contributed by atoms with van der Waals surface area (Å²) in [5, 5.41) is 1.21. The number of hydrazine groups is 1. The molecule has 0 bridgehead atoms. The number of halogens is 5. The molecule has 0 fully saturated rings. The highest BCUT2D eigenvalue weighted by atomic mass is 35.7. The summed E-state index contributed by atoms with van der Waals surface area (Å²) in [6, 6.07) is 0. The average Bonchev–Trinajstić information content (AvgIpc) is 1.83. The molecule has 0 N–H and O–H groups in total. The second-order valence-corrected chi connectivity index (χ2v) is 8.57. The van der Waals surface area contributed by atoms with Gasteiger partial charge in [-0.25, -0.2) is 4.67 Å². The molecule has 0 amide bonds. The fraction of sp³-hybridized carbons (Fsp3) is 1.00. The molecule has 74 valence electrons. The van der Waals surface area contributed by atoms with Crippen LogP contribution in [0.4, 0.5) is 13.2 Å². The summed E-state index contributed by atoms with van der Waals surface area (Å²) in [4.78, 5) is 0. The minimum absolute atomic E-state index is 0.816. The van der Waals surface area contributed by atoms with E-state index in [1.807, 2.05) is 0 Å². The van der Waals surface area contributed by atoms with Crippen molar-refractivity contribution in [2.75, 3.05) is 21.1 Å². The number of rotatable bonds is 2. The Morgan fingerprint density at radius 3 is 1.50 bits per heavy atom. The van der Waals surface area contributed by atoms with Crippen molar-refractivity contribution in [3.63, 3.8) is 0 Å². The average molecular weight is 241 g/mol. The molecule has 0 aromatic carbocycles. The Kier molecular flexibility index (Phi) is 3.87. The largest absolute Gasteiger partial charge is 0.456 e. The molecular weight excluding hydrogens is 232 g/mol. The van der Waals surface area contributed by atoms with E-state index in [1.54, 1.807) is 0 Å². The predicted octanol–water partition coefficient (Wildman–Crippen LogP) is 1.91. The molecule has 0 saturated carbocycles. The van der Waals surface area contributed by atoms with Crippen LogP contribution in [0.3, 0.4) is 0 Å². The molecule has 0 aliphatic carbocycles. The molecule has 0 aromatic heterocycles. The summed E-state index contributed by atoms with van der Waals surface area (Å²) in [5.74, 6) is -4.55. The third kappa shape index (κ3) is 2.50. The topological polar surface area (TPSA) is 6.48 Å². The normalized spacial score (nSPS) is 14.5. The lowest BCUT2D eigenvalue weighted by Crippen LogP contribution is -2.58. The lowest BCUT2D eigenvalue weighted by Gasteiger charge is -2.34. The zero-order valence-corrected chi connectivity index (χ0v) is 9.30. The Morgan fingerprint density at radius 2 is 1.42 bits per heavy atom. The summed E-state index contributed by atoms with van der Waals surface area (Å²) >= 11 is 10.4. The van der Waals surface area contributed by atoms with Gasteiger partial charge in [0.05, 0.1) is 0 Å². The van der Waals surface area contributed by atoms with Gasteiger partial charge in [0.1, 0.15) is 0 Å². The Hall–Kier alpha value is 0.507. The van der Waals surface area contributed by atoms with Crippen LogP contribution in [0.25, 0.3) is 0 Å². The molecule has 0 rings (SSSR count). The van der Waals surface area contributed by atoms with Gasteiger partial charge in [-0.3, -0.25) is 5.01 Å². The van der Waals surface area contributed by atoms with Crippen LogP contribution in [0.1, 0.15) is 0 Å². The van der Waals surface area contributed by atoms with Gasteiger partial charge in [0, 0.05) is 14.1 Å². The summed E-state index contributed by atoms with van der Waals surface area (Å²) in [7, 11) is 4.09. The van der Waals surface area contributed by atoms with Gasteiger partial charge >= 0.3 is 12.7 Å². The second kappa shape index (κ2) is 3.71. The van der Waals surface area contributed by atoms with E-state index in [9.17, 15) is 13.2 Å². The first-order valence-electron chi connectivity index (χ1n) is 2.96. The van der Waals surface area contributed by atoms with Gasteiger partial charge in [-0.2, -0.15) is 13.2 Å². The van der Waals surface area contributed by atoms with Crippen molar-refractivity contribution in [3.8, 4) is 0 Å². The molecule has 8 heteroatoms. The molecule has 0 aliphatic rings. The van der Waals surface area contributed by atoms with Crippen molar-refractivity contribution in [2.24, 2.45) is 0 Å². The Labute approximate surface area is 79.3 Å². The van der Waals surface area contributed by atoms with Gasteiger partial charge in [-0.1, -0.05) is 0 Å². The van der Waals surface area contributed by atoms with E-state index in [0.717, 1.165) is 4.67 Å². The molecular formula is C4H9Cl2F3N2Si. The van der Waals surface area contributed by atoms with Crippen LogP contribution in [-0.4, -0.2) is 43.5 Å². The van der Waals surface area contributed by atoms with Crippen LogP contribution in [0.15, 0.2) is 0 Å². The number of nitrogens with zero attached hydrogens (tertiary/aromatic N) is 2. The van der Waals surface area contributed by atoms with E-state index in [4.69, 9.17) is 22.2 Å². The van der Waals surface area contributed by atoms with Gasteiger partial charge < -0.3 is 0 Å². The third-order valence-corrected chi connectivity index (χ3v) is 6.00. The fourth-order valence-corrected chi connectivity index (χ4v) is 2.21. The molecule has 0 aromatic rings. The summed E-state index contributed by atoms with van der Waals surface area (Å²) in [5.41, 5.74) is 0. The van der Waals surface area contributed by atoms with E-state index in [-0.39, 0.29) is 0 Å². The van der Waals surface area contributed by atoms with Crippen molar-refractivity contribution >= 4 is 29.0 Å². The smallest absolute Gasteiger partial charge is 0.252 e. The molecule has 12 heavy (non-hydrogen) atoms. The van der Waals surface area contributed by atoms with Gasteiger partial charge in [-0.15, -0.1) is 22.2 Å². The maximum atomic E-state index is 12.2. The van der Waals surface area contributed by atoms with Crippen LogP contribution >= 0.6 is 22.2 Å². The summed E-state index contributed by atoms with van der Waals surface area (Å²) in [6.45, 7) is -4.37. The molecule has 0 heterocycles. The summed E-state index contributed by atoms with van der Waals surface area (Å²) in [6.07, 6.45) is 0. The maximum absolute atomic E-state index is 12.2. The van der Waals surface area contributed by atoms with Gasteiger partial charge in [0.2, 0.25) is 0 Å². The van der Waals surface area contributed by atoms with Gasteiger partial charge in [-0.05, 0) is 7.05 Å². The minimum Gasteiger partial charge on any atom is -0.252 e. The van der Waals surface area contributed by atoms with Crippen molar-refractivity contribution in [2.45, 2.75) is 5.80 Å². The minimum atomic E-state index is -4.55. The highest BCUT2D eigenvalue weighted by Crippen LogP contribution is 2.37. The first-order valence-corrected chi connectivity index (χ1v) is 6.93. The van der Waals surface area contributed by atoms with E-state index in [1.165, 1.54) is 26.2 Å². The third-order valence-electron chi connectivity index (χ3n) is 1.35. The Balaban J connectivity index is 4.61. The van der Waals surface area contributed by atoms with Crippen molar-refractivity contribution < 1.29 is 13.2 Å². The number of hydrogen-bond donors (Lipinski definition) is 0. The standard InChI is InChI=1S/C4H9Cl2F3N2Si/c1-10(2)11(3)12(5,6)4(7,8)9/h1-3H3. The van der Waals surface area contributed by atoms with Crippen LogP contribution in [-0.2, 0) is 0 Å². The molecule has 0 unspecified atom stereocenters. The number of hydrogen-bond acceptors (Lipinski definition) is 2. The van der Waals surface area contributed by atoms with Crippen molar-refractivity contribution in [3.05, 3.63) is 0 Å². The van der Waals surface area contributed by atoms with Crippen LogP contribution in [0.5, 0.6) is 0 Å². The zero-order chi connectivity index (χ0) is 10.2. The zero-order valence-electron chi connectivity index (χ0n) is 6.78. The van der Waals surface area contributed by atoms with E-state index in [0.29, 0.717) is 0 Å². The molecule has 0 atom stereocenters. The quantitative estimate of drug-likeness (QED) is 0.414. The van der Waals surface area contributed by atoms with E-state index in [2.05, 4.69) is 0 Å². The fourth-order valence-electron chi connectivity index (χ4n) is 0.435. The second-order valence-electron chi connectivity index (χ2n) is 2.41.